The predicted octanol–water partition coefficient (Wildman–Crippen LogP) is 0.819. The van der Waals surface area contributed by atoms with Crippen molar-refractivity contribution >= 4 is 11.6 Å². The molecule has 1 aromatic rings. The molecule has 0 bridgehead atoms. The Bertz CT molecular complexity index is 448. The molecule has 1 aliphatic heterocycles. The number of nitrogen functional groups attached to an aromatic ring is 1. The van der Waals surface area contributed by atoms with Crippen molar-refractivity contribution in [2.24, 2.45) is 5.92 Å². The van der Waals surface area contributed by atoms with Crippen LogP contribution in [0.15, 0.2) is 18.2 Å². The standard InChI is InChI=1S/C13H18N2O3/c14-10-3-4-11(12(17)6-10)13(18)15-5-1-2-9(7-15)8-16/h3-4,6,9,16-17H,1-2,5,7-8,14H2. The van der Waals surface area contributed by atoms with Crippen molar-refractivity contribution < 1.29 is 15.0 Å². The summed E-state index contributed by atoms with van der Waals surface area (Å²) < 4.78 is 0. The quantitative estimate of drug-likeness (QED) is 0.678. The number of phenols is 1. The second-order valence-electron chi connectivity index (χ2n) is 4.72. The van der Waals surface area contributed by atoms with Crippen LogP contribution in [0.4, 0.5) is 5.69 Å². The lowest BCUT2D eigenvalue weighted by Crippen LogP contribution is -2.40. The average Bonchev–Trinajstić information content (AvgIpc) is 2.38. The van der Waals surface area contributed by atoms with Crippen LogP contribution in [0.3, 0.4) is 0 Å². The lowest BCUT2D eigenvalue weighted by molar-refractivity contribution is 0.0618. The zero-order valence-electron chi connectivity index (χ0n) is 10.2. The molecule has 1 aromatic carbocycles. The monoisotopic (exact) mass is 250 g/mol. The van der Waals surface area contributed by atoms with Gasteiger partial charge in [0, 0.05) is 31.5 Å². The highest BCUT2D eigenvalue weighted by atomic mass is 16.3. The Labute approximate surface area is 106 Å². The van der Waals surface area contributed by atoms with Crippen LogP contribution in [0.2, 0.25) is 0 Å². The fourth-order valence-electron chi connectivity index (χ4n) is 2.30. The van der Waals surface area contributed by atoms with Crippen LogP contribution in [0.1, 0.15) is 23.2 Å². The van der Waals surface area contributed by atoms with Crippen LogP contribution in [0.5, 0.6) is 5.75 Å². The Balaban J connectivity index is 2.15. The Morgan fingerprint density at radius 1 is 1.50 bits per heavy atom. The summed E-state index contributed by atoms with van der Waals surface area (Å²) in [5.74, 6) is -0.157. The fourth-order valence-corrected chi connectivity index (χ4v) is 2.30. The Kier molecular flexibility index (Phi) is 3.72. The van der Waals surface area contributed by atoms with E-state index in [1.807, 2.05) is 0 Å². The first-order valence-corrected chi connectivity index (χ1v) is 6.10. The second-order valence-corrected chi connectivity index (χ2v) is 4.72. The zero-order valence-corrected chi connectivity index (χ0v) is 10.2. The minimum absolute atomic E-state index is 0.0916. The smallest absolute Gasteiger partial charge is 0.257 e. The van der Waals surface area contributed by atoms with E-state index in [0.717, 1.165) is 12.8 Å². The predicted molar refractivity (Wildman–Crippen MR) is 68.2 cm³/mol. The van der Waals surface area contributed by atoms with E-state index in [-0.39, 0.29) is 29.7 Å². The van der Waals surface area contributed by atoms with E-state index in [2.05, 4.69) is 0 Å². The van der Waals surface area contributed by atoms with Crippen LogP contribution in [0.25, 0.3) is 0 Å². The Morgan fingerprint density at radius 2 is 2.28 bits per heavy atom. The van der Waals surface area contributed by atoms with Gasteiger partial charge in [0.2, 0.25) is 0 Å². The summed E-state index contributed by atoms with van der Waals surface area (Å²) in [4.78, 5) is 13.9. The van der Waals surface area contributed by atoms with E-state index in [9.17, 15) is 9.90 Å². The molecule has 2 rings (SSSR count). The highest BCUT2D eigenvalue weighted by Gasteiger charge is 2.25. The van der Waals surface area contributed by atoms with Crippen molar-refractivity contribution in [1.82, 2.24) is 4.90 Å². The second kappa shape index (κ2) is 5.27. The molecule has 1 fully saturated rings. The molecule has 1 aliphatic rings. The van der Waals surface area contributed by atoms with Crippen molar-refractivity contribution in [1.29, 1.82) is 0 Å². The molecule has 1 saturated heterocycles. The Hall–Kier alpha value is -1.75. The molecular formula is C13H18N2O3. The lowest BCUT2D eigenvalue weighted by Gasteiger charge is -2.32. The van der Waals surface area contributed by atoms with Gasteiger partial charge in [-0.25, -0.2) is 0 Å². The highest BCUT2D eigenvalue weighted by molar-refractivity contribution is 5.97. The molecule has 0 radical (unpaired) electrons. The third-order valence-electron chi connectivity index (χ3n) is 3.32. The number of benzene rings is 1. The van der Waals surface area contributed by atoms with Gasteiger partial charge >= 0.3 is 0 Å². The summed E-state index contributed by atoms with van der Waals surface area (Å²) >= 11 is 0. The van der Waals surface area contributed by atoms with Crippen LogP contribution in [0, 0.1) is 5.92 Å². The first-order valence-electron chi connectivity index (χ1n) is 6.10. The van der Waals surface area contributed by atoms with Crippen LogP contribution >= 0.6 is 0 Å². The number of piperidine rings is 1. The fraction of sp³-hybridized carbons (Fsp3) is 0.462. The molecule has 1 atom stereocenters. The van der Waals surface area contributed by atoms with Crippen molar-refractivity contribution in [3.8, 4) is 5.75 Å². The normalized spacial score (nSPS) is 19.8. The van der Waals surface area contributed by atoms with Gasteiger partial charge in [-0.05, 0) is 30.9 Å². The summed E-state index contributed by atoms with van der Waals surface area (Å²) in [5, 5.41) is 18.9. The van der Waals surface area contributed by atoms with Crippen molar-refractivity contribution in [3.63, 3.8) is 0 Å². The number of nitrogens with zero attached hydrogens (tertiary/aromatic N) is 1. The van der Waals surface area contributed by atoms with Gasteiger partial charge in [0.05, 0.1) is 5.56 Å². The molecule has 1 heterocycles. The number of aromatic hydroxyl groups is 1. The average molecular weight is 250 g/mol. The third kappa shape index (κ3) is 2.56. The number of aliphatic hydroxyl groups excluding tert-OH is 1. The van der Waals surface area contributed by atoms with E-state index in [1.165, 1.54) is 12.1 Å². The molecule has 5 nitrogen and oxygen atoms in total. The van der Waals surface area contributed by atoms with Gasteiger partial charge in [-0.3, -0.25) is 4.79 Å². The SMILES string of the molecule is Nc1ccc(C(=O)N2CCCC(CO)C2)c(O)c1. The van der Waals surface area contributed by atoms with E-state index in [4.69, 9.17) is 10.8 Å². The van der Waals surface area contributed by atoms with Gasteiger partial charge < -0.3 is 20.8 Å². The summed E-state index contributed by atoms with van der Waals surface area (Å²) in [5.41, 5.74) is 6.22. The largest absolute Gasteiger partial charge is 0.507 e. The van der Waals surface area contributed by atoms with Gasteiger partial charge in [-0.2, -0.15) is 0 Å². The number of amides is 1. The Morgan fingerprint density at radius 3 is 2.94 bits per heavy atom. The molecule has 0 spiro atoms. The van der Waals surface area contributed by atoms with Crippen molar-refractivity contribution in [3.05, 3.63) is 23.8 Å². The number of anilines is 1. The first kappa shape index (κ1) is 12.7. The number of rotatable bonds is 2. The molecule has 5 heteroatoms. The third-order valence-corrected chi connectivity index (χ3v) is 3.32. The number of aliphatic hydroxyl groups is 1. The molecule has 1 amide bonds. The maximum Gasteiger partial charge on any atom is 0.257 e. The number of carbonyl (C=O) groups excluding carboxylic acids is 1. The van der Waals surface area contributed by atoms with Gasteiger partial charge in [-0.1, -0.05) is 0 Å². The first-order chi connectivity index (χ1) is 8.61. The number of carbonyl (C=O) groups is 1. The summed E-state index contributed by atoms with van der Waals surface area (Å²) in [6, 6.07) is 4.51. The molecule has 98 valence electrons. The van der Waals surface area contributed by atoms with Crippen molar-refractivity contribution in [2.75, 3.05) is 25.4 Å². The number of hydrogen-bond acceptors (Lipinski definition) is 4. The van der Waals surface area contributed by atoms with Crippen molar-refractivity contribution in [2.45, 2.75) is 12.8 Å². The van der Waals surface area contributed by atoms with E-state index < -0.39 is 0 Å². The van der Waals surface area contributed by atoms with E-state index in [0.29, 0.717) is 18.8 Å². The van der Waals surface area contributed by atoms with Gasteiger partial charge in [-0.15, -0.1) is 0 Å². The number of nitrogens with two attached hydrogens (primary N) is 1. The van der Waals surface area contributed by atoms with Gasteiger partial charge in [0.1, 0.15) is 5.75 Å². The minimum atomic E-state index is -0.203. The molecule has 0 saturated carbocycles. The topological polar surface area (TPSA) is 86.8 Å². The molecule has 18 heavy (non-hydrogen) atoms. The zero-order chi connectivity index (χ0) is 13.1. The number of likely N-dealkylation sites (tertiary alicyclic amines) is 1. The van der Waals surface area contributed by atoms with Crippen LogP contribution in [-0.4, -0.2) is 40.7 Å². The summed E-state index contributed by atoms with van der Waals surface area (Å²) in [6.07, 6.45) is 1.82. The summed E-state index contributed by atoms with van der Waals surface area (Å²) in [6.45, 7) is 1.30. The number of hydrogen-bond donors (Lipinski definition) is 3. The van der Waals surface area contributed by atoms with Crippen LogP contribution < -0.4 is 5.73 Å². The molecule has 0 aliphatic carbocycles. The lowest BCUT2D eigenvalue weighted by atomic mass is 9.98. The highest BCUT2D eigenvalue weighted by Crippen LogP contribution is 2.24. The maximum atomic E-state index is 12.2. The molecule has 1 unspecified atom stereocenters. The van der Waals surface area contributed by atoms with Crippen LogP contribution in [-0.2, 0) is 0 Å². The van der Waals surface area contributed by atoms with Gasteiger partial charge in [0.25, 0.3) is 5.91 Å². The van der Waals surface area contributed by atoms with Gasteiger partial charge in [0.15, 0.2) is 0 Å². The minimum Gasteiger partial charge on any atom is -0.507 e. The van der Waals surface area contributed by atoms with E-state index in [1.54, 1.807) is 11.0 Å². The molecular weight excluding hydrogens is 232 g/mol. The maximum absolute atomic E-state index is 12.2. The summed E-state index contributed by atoms with van der Waals surface area (Å²) in [7, 11) is 0. The van der Waals surface area contributed by atoms with E-state index >= 15 is 0 Å². The molecule has 4 N–H and O–H groups in total. The number of phenolic OH excluding ortho intramolecular Hbond substituents is 1. The molecule has 0 aromatic heterocycles.